The van der Waals surface area contributed by atoms with Crippen molar-refractivity contribution in [1.82, 2.24) is 15.2 Å². The van der Waals surface area contributed by atoms with Gasteiger partial charge in [-0.05, 0) is 42.8 Å². The molecule has 1 saturated heterocycles. The van der Waals surface area contributed by atoms with E-state index in [9.17, 15) is 0 Å². The number of rotatable bonds is 3. The molecule has 0 amide bonds. The average molecular weight is 357 g/mol. The zero-order valence-corrected chi connectivity index (χ0v) is 14.7. The molecule has 4 rings (SSSR count). The van der Waals surface area contributed by atoms with E-state index in [1.54, 1.807) is 11.3 Å². The molecule has 1 aliphatic rings. The van der Waals surface area contributed by atoms with Crippen LogP contribution in [-0.2, 0) is 0 Å². The second-order valence-corrected chi connectivity index (χ2v) is 7.22. The van der Waals surface area contributed by atoms with E-state index >= 15 is 0 Å². The van der Waals surface area contributed by atoms with Crippen LogP contribution < -0.4 is 4.90 Å². The molecule has 1 aromatic carbocycles. The second kappa shape index (κ2) is 6.87. The summed E-state index contributed by atoms with van der Waals surface area (Å²) < 4.78 is 0. The molecule has 4 nitrogen and oxygen atoms in total. The lowest BCUT2D eigenvalue weighted by Crippen LogP contribution is -2.31. The quantitative estimate of drug-likeness (QED) is 0.668. The van der Waals surface area contributed by atoms with Crippen molar-refractivity contribution in [3.8, 4) is 22.0 Å². The molecular weight excluding hydrogens is 340 g/mol. The van der Waals surface area contributed by atoms with E-state index in [2.05, 4.69) is 15.1 Å². The van der Waals surface area contributed by atoms with Crippen molar-refractivity contribution < 1.29 is 0 Å². The molecule has 0 spiro atoms. The largest absolute Gasteiger partial charge is 0.355 e. The van der Waals surface area contributed by atoms with E-state index < -0.39 is 0 Å². The molecule has 1 fully saturated rings. The zero-order chi connectivity index (χ0) is 16.4. The van der Waals surface area contributed by atoms with Crippen LogP contribution >= 0.6 is 22.9 Å². The van der Waals surface area contributed by atoms with Crippen LogP contribution in [0.2, 0.25) is 5.02 Å². The van der Waals surface area contributed by atoms with E-state index in [0.717, 1.165) is 40.1 Å². The Morgan fingerprint density at radius 3 is 2.46 bits per heavy atom. The molecule has 0 atom stereocenters. The molecule has 0 N–H and O–H groups in total. The van der Waals surface area contributed by atoms with E-state index in [-0.39, 0.29) is 0 Å². The molecule has 1 aliphatic heterocycles. The number of anilines is 1. The van der Waals surface area contributed by atoms with Gasteiger partial charge in [-0.2, -0.15) is 0 Å². The number of hydrogen-bond donors (Lipinski definition) is 0. The molecule has 2 aromatic heterocycles. The van der Waals surface area contributed by atoms with Crippen LogP contribution in [0, 0.1) is 0 Å². The van der Waals surface area contributed by atoms with Crippen LogP contribution in [0.4, 0.5) is 5.82 Å². The van der Waals surface area contributed by atoms with E-state index in [4.69, 9.17) is 16.6 Å². The fourth-order valence-corrected chi connectivity index (χ4v) is 3.73. The summed E-state index contributed by atoms with van der Waals surface area (Å²) in [5.74, 6) is 1.62. The van der Waals surface area contributed by atoms with Crippen molar-refractivity contribution >= 4 is 28.8 Å². The van der Waals surface area contributed by atoms with Gasteiger partial charge in [-0.3, -0.25) is 0 Å². The van der Waals surface area contributed by atoms with Gasteiger partial charge in [0.2, 0.25) is 0 Å². The van der Waals surface area contributed by atoms with Crippen molar-refractivity contribution in [3.63, 3.8) is 0 Å². The first-order valence-electron chi connectivity index (χ1n) is 8.11. The van der Waals surface area contributed by atoms with E-state index in [0.29, 0.717) is 5.82 Å². The van der Waals surface area contributed by atoms with Gasteiger partial charge in [-0.25, -0.2) is 4.98 Å². The maximum atomic E-state index is 6.02. The summed E-state index contributed by atoms with van der Waals surface area (Å²) in [5, 5.41) is 11.6. The van der Waals surface area contributed by atoms with Crippen LogP contribution in [-0.4, -0.2) is 28.3 Å². The van der Waals surface area contributed by atoms with Gasteiger partial charge >= 0.3 is 0 Å². The maximum absolute atomic E-state index is 6.02. The van der Waals surface area contributed by atoms with Gasteiger partial charge in [0.1, 0.15) is 5.69 Å². The summed E-state index contributed by atoms with van der Waals surface area (Å²) in [6.07, 6.45) is 3.67. The monoisotopic (exact) mass is 356 g/mol. The second-order valence-electron chi connectivity index (χ2n) is 5.84. The number of aromatic nitrogens is 3. The van der Waals surface area contributed by atoms with Crippen LogP contribution in [0.1, 0.15) is 19.3 Å². The van der Waals surface area contributed by atoms with Gasteiger partial charge in [-0.1, -0.05) is 29.8 Å². The Morgan fingerprint density at radius 2 is 1.75 bits per heavy atom. The predicted octanol–water partition coefficient (Wildman–Crippen LogP) is 4.91. The van der Waals surface area contributed by atoms with Crippen LogP contribution in [0.3, 0.4) is 0 Å². The van der Waals surface area contributed by atoms with Gasteiger partial charge in [0.15, 0.2) is 11.6 Å². The highest BCUT2D eigenvalue weighted by Crippen LogP contribution is 2.32. The first-order valence-corrected chi connectivity index (χ1v) is 9.36. The smallest absolute Gasteiger partial charge is 0.193 e. The first-order chi connectivity index (χ1) is 11.8. The lowest BCUT2D eigenvalue weighted by Gasteiger charge is -2.29. The lowest BCUT2D eigenvalue weighted by atomic mass is 10.1. The van der Waals surface area contributed by atoms with Gasteiger partial charge in [0, 0.05) is 23.7 Å². The fraction of sp³-hybridized carbons (Fsp3) is 0.278. The number of hydrogen-bond acceptors (Lipinski definition) is 5. The van der Waals surface area contributed by atoms with Crippen LogP contribution in [0.5, 0.6) is 0 Å². The molecule has 122 valence electrons. The van der Waals surface area contributed by atoms with Crippen LogP contribution in [0.25, 0.3) is 22.0 Å². The molecule has 3 aromatic rings. The van der Waals surface area contributed by atoms with Crippen LogP contribution in [0.15, 0.2) is 41.8 Å². The Bertz CT molecular complexity index is 812. The predicted molar refractivity (Wildman–Crippen MR) is 99.7 cm³/mol. The molecule has 0 aliphatic carbocycles. The van der Waals surface area contributed by atoms with Gasteiger partial charge in [0.05, 0.1) is 4.88 Å². The highest BCUT2D eigenvalue weighted by Gasteiger charge is 2.20. The molecule has 3 heterocycles. The van der Waals surface area contributed by atoms with E-state index in [1.165, 1.54) is 19.3 Å². The zero-order valence-electron chi connectivity index (χ0n) is 13.2. The first kappa shape index (κ1) is 15.5. The third-order valence-corrected chi connectivity index (χ3v) is 5.30. The van der Waals surface area contributed by atoms with Crippen molar-refractivity contribution in [2.24, 2.45) is 0 Å². The number of thiophene rings is 1. The summed E-state index contributed by atoms with van der Waals surface area (Å²) in [5.41, 5.74) is 1.83. The molecule has 0 radical (unpaired) electrons. The summed E-state index contributed by atoms with van der Waals surface area (Å²) in [4.78, 5) is 8.24. The standard InChI is InChI=1S/C18H17ClN4S/c19-14-8-6-13(7-9-14)16-18(23-10-2-1-3-11-23)20-17(22-21-16)15-5-4-12-24-15/h4-9,12H,1-3,10-11H2. The minimum atomic E-state index is 0.697. The Balaban J connectivity index is 1.81. The minimum Gasteiger partial charge on any atom is -0.355 e. The van der Waals surface area contributed by atoms with Crippen molar-refractivity contribution in [1.29, 1.82) is 0 Å². The molecular formula is C18H17ClN4S. The third-order valence-electron chi connectivity index (χ3n) is 4.18. The Hall–Kier alpha value is -1.98. The number of halogens is 1. The summed E-state index contributed by atoms with van der Waals surface area (Å²) in [6.45, 7) is 2.03. The molecule has 0 bridgehead atoms. The number of benzene rings is 1. The summed E-state index contributed by atoms with van der Waals surface area (Å²) in [7, 11) is 0. The summed E-state index contributed by atoms with van der Waals surface area (Å²) >= 11 is 7.65. The minimum absolute atomic E-state index is 0.697. The van der Waals surface area contributed by atoms with Gasteiger partial charge in [-0.15, -0.1) is 21.5 Å². The van der Waals surface area contributed by atoms with Crippen molar-refractivity contribution in [2.75, 3.05) is 18.0 Å². The normalized spacial score (nSPS) is 14.8. The molecule has 0 unspecified atom stereocenters. The molecule has 0 saturated carbocycles. The Morgan fingerprint density at radius 1 is 0.958 bits per heavy atom. The highest BCUT2D eigenvalue weighted by atomic mass is 35.5. The topological polar surface area (TPSA) is 41.9 Å². The Kier molecular flexibility index (Phi) is 4.45. The fourth-order valence-electron chi connectivity index (χ4n) is 2.95. The maximum Gasteiger partial charge on any atom is 0.193 e. The van der Waals surface area contributed by atoms with Crippen molar-refractivity contribution in [3.05, 3.63) is 46.8 Å². The number of nitrogens with zero attached hydrogens (tertiary/aromatic N) is 4. The lowest BCUT2D eigenvalue weighted by molar-refractivity contribution is 0.572. The SMILES string of the molecule is Clc1ccc(-c2nnc(-c3cccs3)nc2N2CCCCC2)cc1. The third kappa shape index (κ3) is 3.14. The molecule has 24 heavy (non-hydrogen) atoms. The number of piperidine rings is 1. The highest BCUT2D eigenvalue weighted by molar-refractivity contribution is 7.13. The van der Waals surface area contributed by atoms with Crippen molar-refractivity contribution in [2.45, 2.75) is 19.3 Å². The summed E-state index contributed by atoms with van der Waals surface area (Å²) in [6, 6.07) is 11.8. The van der Waals surface area contributed by atoms with Gasteiger partial charge in [0.25, 0.3) is 0 Å². The molecule has 6 heteroatoms. The van der Waals surface area contributed by atoms with E-state index in [1.807, 2.05) is 41.8 Å². The van der Waals surface area contributed by atoms with Gasteiger partial charge < -0.3 is 4.90 Å². The Labute approximate surface area is 150 Å². The average Bonchev–Trinajstić information content (AvgIpc) is 3.17.